The van der Waals surface area contributed by atoms with Crippen molar-refractivity contribution in [3.8, 4) is 0 Å². The van der Waals surface area contributed by atoms with Gasteiger partial charge in [0.25, 0.3) is 0 Å². The molecule has 0 aliphatic carbocycles. The SMILES string of the molecule is CCCCCCCCCN(CCC)CC1CCCNC1. The summed E-state index contributed by atoms with van der Waals surface area (Å²) in [5.41, 5.74) is 0. The maximum atomic E-state index is 3.55. The van der Waals surface area contributed by atoms with Gasteiger partial charge in [-0.1, -0.05) is 52.4 Å². The summed E-state index contributed by atoms with van der Waals surface area (Å²) in [4.78, 5) is 2.73. The monoisotopic (exact) mass is 282 g/mol. The van der Waals surface area contributed by atoms with Crippen molar-refractivity contribution >= 4 is 0 Å². The molecule has 120 valence electrons. The number of piperidine rings is 1. The van der Waals surface area contributed by atoms with Gasteiger partial charge < -0.3 is 10.2 Å². The normalized spacial score (nSPS) is 19.6. The van der Waals surface area contributed by atoms with Gasteiger partial charge in [-0.3, -0.25) is 0 Å². The molecular weight excluding hydrogens is 244 g/mol. The van der Waals surface area contributed by atoms with E-state index in [9.17, 15) is 0 Å². The van der Waals surface area contributed by atoms with Gasteiger partial charge in [-0.15, -0.1) is 0 Å². The molecule has 1 aliphatic heterocycles. The van der Waals surface area contributed by atoms with Crippen LogP contribution in [0.2, 0.25) is 0 Å². The fourth-order valence-corrected chi connectivity index (χ4v) is 3.35. The van der Waals surface area contributed by atoms with Gasteiger partial charge in [-0.25, -0.2) is 0 Å². The summed E-state index contributed by atoms with van der Waals surface area (Å²) in [5, 5.41) is 3.55. The molecule has 1 rings (SSSR count). The maximum Gasteiger partial charge on any atom is 0.00218 e. The Kier molecular flexibility index (Phi) is 11.4. The Morgan fingerprint density at radius 1 is 0.900 bits per heavy atom. The van der Waals surface area contributed by atoms with E-state index in [1.54, 1.807) is 0 Å². The van der Waals surface area contributed by atoms with Gasteiger partial charge >= 0.3 is 0 Å². The summed E-state index contributed by atoms with van der Waals surface area (Å²) in [6, 6.07) is 0. The zero-order chi connectivity index (χ0) is 14.5. The minimum absolute atomic E-state index is 0.903. The van der Waals surface area contributed by atoms with Crippen molar-refractivity contribution in [1.82, 2.24) is 10.2 Å². The molecule has 1 N–H and O–H groups in total. The van der Waals surface area contributed by atoms with Crippen LogP contribution < -0.4 is 5.32 Å². The number of rotatable bonds is 12. The van der Waals surface area contributed by atoms with Gasteiger partial charge in [0.05, 0.1) is 0 Å². The average Bonchev–Trinajstić information content (AvgIpc) is 2.47. The standard InChI is InChI=1S/C18H38N2/c1-3-5-6-7-8-9-10-15-20(14-4-2)17-18-12-11-13-19-16-18/h18-19H,3-17H2,1-2H3. The fourth-order valence-electron chi connectivity index (χ4n) is 3.35. The number of hydrogen-bond donors (Lipinski definition) is 1. The zero-order valence-corrected chi connectivity index (χ0v) is 14.1. The zero-order valence-electron chi connectivity index (χ0n) is 14.1. The van der Waals surface area contributed by atoms with Gasteiger partial charge in [0.2, 0.25) is 0 Å². The van der Waals surface area contributed by atoms with Crippen LogP contribution >= 0.6 is 0 Å². The molecule has 1 unspecified atom stereocenters. The van der Waals surface area contributed by atoms with E-state index < -0.39 is 0 Å². The third-order valence-corrected chi connectivity index (χ3v) is 4.53. The number of unbranched alkanes of at least 4 members (excludes halogenated alkanes) is 6. The van der Waals surface area contributed by atoms with Crippen molar-refractivity contribution in [3.63, 3.8) is 0 Å². The van der Waals surface area contributed by atoms with E-state index in [-0.39, 0.29) is 0 Å². The largest absolute Gasteiger partial charge is 0.316 e. The van der Waals surface area contributed by atoms with Gasteiger partial charge in [-0.05, 0) is 57.8 Å². The van der Waals surface area contributed by atoms with Crippen LogP contribution in [-0.2, 0) is 0 Å². The van der Waals surface area contributed by atoms with Crippen molar-refractivity contribution in [2.75, 3.05) is 32.7 Å². The lowest BCUT2D eigenvalue weighted by Gasteiger charge is -2.30. The molecule has 0 spiro atoms. The maximum absolute atomic E-state index is 3.55. The molecule has 1 atom stereocenters. The highest BCUT2D eigenvalue weighted by atomic mass is 15.1. The van der Waals surface area contributed by atoms with Crippen LogP contribution in [0.3, 0.4) is 0 Å². The Hall–Kier alpha value is -0.0800. The molecule has 1 aliphatic rings. The first-order valence-corrected chi connectivity index (χ1v) is 9.29. The number of nitrogens with one attached hydrogen (secondary N) is 1. The quantitative estimate of drug-likeness (QED) is 0.532. The van der Waals surface area contributed by atoms with Crippen molar-refractivity contribution < 1.29 is 0 Å². The predicted molar refractivity (Wildman–Crippen MR) is 90.3 cm³/mol. The number of nitrogens with zero attached hydrogens (tertiary/aromatic N) is 1. The Labute approximate surface area is 127 Å². The highest BCUT2D eigenvalue weighted by Gasteiger charge is 2.16. The Balaban J connectivity index is 2.05. The van der Waals surface area contributed by atoms with E-state index in [2.05, 4.69) is 24.1 Å². The molecule has 0 aromatic heterocycles. The summed E-state index contributed by atoms with van der Waals surface area (Å²) in [6.45, 7) is 11.1. The lowest BCUT2D eigenvalue weighted by molar-refractivity contribution is 0.204. The van der Waals surface area contributed by atoms with Gasteiger partial charge in [0, 0.05) is 6.54 Å². The molecule has 0 radical (unpaired) electrons. The Bertz CT molecular complexity index is 200. The first-order chi connectivity index (χ1) is 9.86. The van der Waals surface area contributed by atoms with Gasteiger partial charge in [0.1, 0.15) is 0 Å². The van der Waals surface area contributed by atoms with Crippen LogP contribution in [0.15, 0.2) is 0 Å². The predicted octanol–water partition coefficient (Wildman–Crippen LogP) is 4.45. The van der Waals surface area contributed by atoms with Gasteiger partial charge in [0.15, 0.2) is 0 Å². The lowest BCUT2D eigenvalue weighted by atomic mass is 9.99. The molecule has 1 fully saturated rings. The molecule has 0 bridgehead atoms. The van der Waals surface area contributed by atoms with Crippen LogP contribution in [0.4, 0.5) is 0 Å². The first kappa shape index (κ1) is 18.0. The minimum Gasteiger partial charge on any atom is -0.316 e. The molecule has 2 nitrogen and oxygen atoms in total. The Morgan fingerprint density at radius 3 is 2.30 bits per heavy atom. The molecule has 1 saturated heterocycles. The molecular formula is C18H38N2. The highest BCUT2D eigenvalue weighted by molar-refractivity contribution is 4.73. The topological polar surface area (TPSA) is 15.3 Å². The van der Waals surface area contributed by atoms with Crippen LogP contribution in [-0.4, -0.2) is 37.6 Å². The van der Waals surface area contributed by atoms with Crippen LogP contribution in [0.1, 0.15) is 78.1 Å². The minimum atomic E-state index is 0.903. The van der Waals surface area contributed by atoms with Crippen LogP contribution in [0.5, 0.6) is 0 Å². The van der Waals surface area contributed by atoms with E-state index in [0.717, 1.165) is 5.92 Å². The summed E-state index contributed by atoms with van der Waals surface area (Å²) in [5.74, 6) is 0.903. The van der Waals surface area contributed by atoms with E-state index in [4.69, 9.17) is 0 Å². The van der Waals surface area contributed by atoms with Crippen LogP contribution in [0.25, 0.3) is 0 Å². The third kappa shape index (κ3) is 8.97. The summed E-state index contributed by atoms with van der Waals surface area (Å²) in [6.07, 6.45) is 14.1. The van der Waals surface area contributed by atoms with Crippen molar-refractivity contribution in [2.24, 2.45) is 5.92 Å². The van der Waals surface area contributed by atoms with Crippen molar-refractivity contribution in [1.29, 1.82) is 0 Å². The second-order valence-electron chi connectivity index (χ2n) is 6.63. The molecule has 0 aromatic rings. The third-order valence-electron chi connectivity index (χ3n) is 4.53. The highest BCUT2D eigenvalue weighted by Crippen LogP contribution is 2.13. The van der Waals surface area contributed by atoms with E-state index in [1.165, 1.54) is 96.9 Å². The molecule has 0 saturated carbocycles. The van der Waals surface area contributed by atoms with Crippen molar-refractivity contribution in [2.45, 2.75) is 78.1 Å². The summed E-state index contributed by atoms with van der Waals surface area (Å²) < 4.78 is 0. The second kappa shape index (κ2) is 12.6. The smallest absolute Gasteiger partial charge is 0.00218 e. The molecule has 20 heavy (non-hydrogen) atoms. The second-order valence-corrected chi connectivity index (χ2v) is 6.63. The summed E-state index contributed by atoms with van der Waals surface area (Å²) in [7, 11) is 0. The first-order valence-electron chi connectivity index (χ1n) is 9.29. The number of hydrogen-bond acceptors (Lipinski definition) is 2. The van der Waals surface area contributed by atoms with Gasteiger partial charge in [-0.2, -0.15) is 0 Å². The van der Waals surface area contributed by atoms with E-state index in [0.29, 0.717) is 0 Å². The van der Waals surface area contributed by atoms with E-state index >= 15 is 0 Å². The lowest BCUT2D eigenvalue weighted by Crippen LogP contribution is -2.39. The molecule has 0 aromatic carbocycles. The molecule has 0 amide bonds. The summed E-state index contributed by atoms with van der Waals surface area (Å²) >= 11 is 0. The van der Waals surface area contributed by atoms with Crippen LogP contribution in [0, 0.1) is 5.92 Å². The van der Waals surface area contributed by atoms with E-state index in [1.807, 2.05) is 0 Å². The fraction of sp³-hybridized carbons (Fsp3) is 1.00. The van der Waals surface area contributed by atoms with Crippen molar-refractivity contribution in [3.05, 3.63) is 0 Å². The Morgan fingerprint density at radius 2 is 1.65 bits per heavy atom. The molecule has 2 heteroatoms. The average molecular weight is 283 g/mol. The molecule has 1 heterocycles.